The van der Waals surface area contributed by atoms with Crippen LogP contribution in [0, 0.1) is 11.8 Å². The third-order valence-corrected chi connectivity index (χ3v) is 9.01. The van der Waals surface area contributed by atoms with Crippen LogP contribution in [-0.2, 0) is 21.1 Å². The number of halogens is 3. The van der Waals surface area contributed by atoms with Crippen molar-refractivity contribution in [1.82, 2.24) is 9.47 Å². The molecule has 2 aliphatic heterocycles. The summed E-state index contributed by atoms with van der Waals surface area (Å²) in [6.07, 6.45) is 1.14. The van der Waals surface area contributed by atoms with E-state index >= 15 is 0 Å². The summed E-state index contributed by atoms with van der Waals surface area (Å²) in [5, 5.41) is 7.34. The Hall–Kier alpha value is -3.40. The molecule has 0 radical (unpaired) electrons. The van der Waals surface area contributed by atoms with Crippen molar-refractivity contribution in [3.05, 3.63) is 48.2 Å². The number of sulfone groups is 1. The van der Waals surface area contributed by atoms with Crippen LogP contribution in [0.5, 0.6) is 5.75 Å². The number of methoxy groups -OCH3 is 1. The summed E-state index contributed by atoms with van der Waals surface area (Å²) in [4.78, 5) is 2.55. The van der Waals surface area contributed by atoms with Crippen LogP contribution in [0.4, 0.5) is 24.5 Å². The van der Waals surface area contributed by atoms with Crippen molar-refractivity contribution in [2.45, 2.75) is 55.4 Å². The zero-order valence-corrected chi connectivity index (χ0v) is 25.2. The number of piperidine rings is 1. The molecule has 2 N–H and O–H groups in total. The van der Waals surface area contributed by atoms with Crippen LogP contribution in [0.1, 0.15) is 31.4 Å². The highest BCUT2D eigenvalue weighted by atomic mass is 32.2. The first-order valence-corrected chi connectivity index (χ1v) is 16.3. The quantitative estimate of drug-likeness (QED) is 0.322. The van der Waals surface area contributed by atoms with Gasteiger partial charge in [0.05, 0.1) is 41.6 Å². The molecule has 2 saturated heterocycles. The van der Waals surface area contributed by atoms with Gasteiger partial charge in [-0.15, -0.1) is 0 Å². The summed E-state index contributed by atoms with van der Waals surface area (Å²) in [5.41, 5.74) is 2.05. The number of fused-ring (bicyclic) bond motifs is 1. The summed E-state index contributed by atoms with van der Waals surface area (Å²) in [7, 11) is -1.98. The first-order valence-electron chi connectivity index (χ1n) is 14.4. The maximum Gasteiger partial charge on any atom is 0.406 e. The molecule has 0 aliphatic carbocycles. The molecule has 0 bridgehead atoms. The lowest BCUT2D eigenvalue weighted by Gasteiger charge is -2.34. The highest BCUT2D eigenvalue weighted by molar-refractivity contribution is 7.90. The highest BCUT2D eigenvalue weighted by Crippen LogP contribution is 2.32. The summed E-state index contributed by atoms with van der Waals surface area (Å²) in [6.45, 7) is 2.66. The largest absolute Gasteiger partial charge is 0.495 e. The number of anilines is 2. The minimum absolute atomic E-state index is 0.109. The summed E-state index contributed by atoms with van der Waals surface area (Å²) in [6, 6.07) is 11.7. The van der Waals surface area contributed by atoms with Crippen LogP contribution in [0.3, 0.4) is 0 Å². The highest BCUT2D eigenvalue weighted by Gasteiger charge is 2.30. The van der Waals surface area contributed by atoms with Crippen molar-refractivity contribution in [3.63, 3.8) is 0 Å². The molecule has 1 atom stereocenters. The van der Waals surface area contributed by atoms with Crippen LogP contribution >= 0.6 is 0 Å². The third-order valence-electron chi connectivity index (χ3n) is 7.90. The molecule has 5 rings (SSSR count). The van der Waals surface area contributed by atoms with E-state index in [-0.39, 0.29) is 23.2 Å². The summed E-state index contributed by atoms with van der Waals surface area (Å²) >= 11 is 0. The average molecular weight is 619 g/mol. The Kier molecular flexibility index (Phi) is 9.44. The predicted octanol–water partition coefficient (Wildman–Crippen LogP) is 5.13. The molecule has 0 spiro atoms. The van der Waals surface area contributed by atoms with Gasteiger partial charge in [-0.1, -0.05) is 12.0 Å². The number of benzene rings is 2. The van der Waals surface area contributed by atoms with Crippen LogP contribution in [0.25, 0.3) is 10.9 Å². The van der Waals surface area contributed by atoms with Gasteiger partial charge in [-0.05, 0) is 61.9 Å². The Morgan fingerprint density at radius 1 is 1.09 bits per heavy atom. The number of alkyl halides is 3. The van der Waals surface area contributed by atoms with Gasteiger partial charge in [-0.25, -0.2) is 8.42 Å². The monoisotopic (exact) mass is 618 g/mol. The smallest absolute Gasteiger partial charge is 0.406 e. The van der Waals surface area contributed by atoms with E-state index in [9.17, 15) is 21.6 Å². The standard InChI is InChI=1S/C31H37F3N4O4S/c1-41-30-19-25(43(2,39)40)10-11-28(30)35-14-4-6-23-18-26-27(8-3-9-29(26)38(23)21-31(32,33)34)36-22-12-15-37(16-13-22)20-24-7-5-17-42-24/h3,8-11,18-19,22,24,35-36H,5,7,12-17,20-21H2,1-2H3. The van der Waals surface area contributed by atoms with Crippen LogP contribution in [0.2, 0.25) is 0 Å². The molecular formula is C31H37F3N4O4S. The van der Waals surface area contributed by atoms with Gasteiger partial charge in [0.25, 0.3) is 0 Å². The number of hydrogen-bond donors (Lipinski definition) is 2. The second kappa shape index (κ2) is 13.1. The van der Waals surface area contributed by atoms with Gasteiger partial charge in [0, 0.05) is 55.7 Å². The van der Waals surface area contributed by atoms with Crippen molar-refractivity contribution < 1.29 is 31.1 Å². The van der Waals surface area contributed by atoms with Crippen LogP contribution in [-0.4, -0.2) is 82.4 Å². The number of hydrogen-bond acceptors (Lipinski definition) is 7. The van der Waals surface area contributed by atoms with Crippen molar-refractivity contribution in [3.8, 4) is 17.6 Å². The van der Waals surface area contributed by atoms with E-state index in [1.807, 2.05) is 6.07 Å². The number of aromatic nitrogens is 1. The minimum Gasteiger partial charge on any atom is -0.495 e. The Bertz CT molecular complexity index is 1600. The van der Waals surface area contributed by atoms with Crippen molar-refractivity contribution in [2.24, 2.45) is 0 Å². The zero-order chi connectivity index (χ0) is 30.6. The molecular weight excluding hydrogens is 581 g/mol. The lowest BCUT2D eigenvalue weighted by atomic mass is 10.0. The maximum absolute atomic E-state index is 13.6. The SMILES string of the molecule is COc1cc(S(C)(=O)=O)ccc1NCC#Cc1cc2c(NC3CCN(CC4CCCO4)CC3)cccc2n1CC(F)(F)F. The van der Waals surface area contributed by atoms with E-state index in [1.165, 1.54) is 23.8 Å². The molecule has 1 aromatic heterocycles. The van der Waals surface area contributed by atoms with E-state index in [4.69, 9.17) is 9.47 Å². The molecule has 3 aromatic rings. The van der Waals surface area contributed by atoms with E-state index in [0.29, 0.717) is 28.4 Å². The normalized spacial score (nSPS) is 18.4. The van der Waals surface area contributed by atoms with E-state index in [1.54, 1.807) is 24.3 Å². The third kappa shape index (κ3) is 7.96. The molecule has 1 unspecified atom stereocenters. The van der Waals surface area contributed by atoms with Gasteiger partial charge in [0.2, 0.25) is 0 Å². The Morgan fingerprint density at radius 2 is 1.88 bits per heavy atom. The van der Waals surface area contributed by atoms with Gasteiger partial charge in [0.15, 0.2) is 9.84 Å². The molecule has 232 valence electrons. The molecule has 2 aliphatic rings. The minimum atomic E-state index is -4.42. The van der Waals surface area contributed by atoms with E-state index < -0.39 is 22.6 Å². The molecule has 2 aromatic carbocycles. The average Bonchev–Trinajstić information content (AvgIpc) is 3.59. The van der Waals surface area contributed by atoms with Gasteiger partial charge < -0.3 is 29.6 Å². The molecule has 0 saturated carbocycles. The Labute approximate surface area is 250 Å². The molecule has 3 heterocycles. The fourth-order valence-electron chi connectivity index (χ4n) is 5.74. The van der Waals surface area contributed by atoms with Crippen molar-refractivity contribution >= 4 is 32.1 Å². The van der Waals surface area contributed by atoms with Gasteiger partial charge in [0.1, 0.15) is 12.3 Å². The fourth-order valence-corrected chi connectivity index (χ4v) is 6.38. The Morgan fingerprint density at radius 3 is 2.56 bits per heavy atom. The molecule has 8 nitrogen and oxygen atoms in total. The molecule has 12 heteroatoms. The fraction of sp³-hybridized carbons (Fsp3) is 0.484. The molecule has 2 fully saturated rings. The van der Waals surface area contributed by atoms with Gasteiger partial charge in [-0.3, -0.25) is 0 Å². The van der Waals surface area contributed by atoms with Gasteiger partial charge >= 0.3 is 6.18 Å². The number of nitrogens with one attached hydrogen (secondary N) is 2. The molecule has 0 amide bonds. The second-order valence-corrected chi connectivity index (χ2v) is 13.1. The summed E-state index contributed by atoms with van der Waals surface area (Å²) in [5.74, 6) is 6.14. The van der Waals surface area contributed by atoms with E-state index in [2.05, 4.69) is 27.4 Å². The summed E-state index contributed by atoms with van der Waals surface area (Å²) < 4.78 is 76.9. The molecule has 43 heavy (non-hydrogen) atoms. The van der Waals surface area contributed by atoms with Crippen molar-refractivity contribution in [2.75, 3.05) is 56.8 Å². The topological polar surface area (TPSA) is 84.8 Å². The van der Waals surface area contributed by atoms with E-state index in [0.717, 1.165) is 63.9 Å². The number of nitrogens with zero attached hydrogens (tertiary/aromatic N) is 2. The van der Waals surface area contributed by atoms with Gasteiger partial charge in [-0.2, -0.15) is 13.2 Å². The second-order valence-electron chi connectivity index (χ2n) is 11.1. The zero-order valence-electron chi connectivity index (χ0n) is 24.3. The lowest BCUT2D eigenvalue weighted by molar-refractivity contribution is -0.140. The van der Waals surface area contributed by atoms with Crippen LogP contribution < -0.4 is 15.4 Å². The van der Waals surface area contributed by atoms with Crippen LogP contribution in [0.15, 0.2) is 47.4 Å². The number of rotatable bonds is 9. The first-order chi connectivity index (χ1) is 20.5. The Balaban J connectivity index is 1.31. The number of ether oxygens (including phenoxy) is 2. The van der Waals surface area contributed by atoms with Crippen molar-refractivity contribution in [1.29, 1.82) is 0 Å². The first kappa shape index (κ1) is 31.0. The predicted molar refractivity (Wildman–Crippen MR) is 162 cm³/mol. The lowest BCUT2D eigenvalue weighted by Crippen LogP contribution is -2.42. The maximum atomic E-state index is 13.6. The number of likely N-dealkylation sites (tertiary alicyclic amines) is 1.